The summed E-state index contributed by atoms with van der Waals surface area (Å²) in [6.45, 7) is 4.69. The van der Waals surface area contributed by atoms with E-state index in [1.54, 1.807) is 7.11 Å². The number of rotatable bonds is 6. The van der Waals surface area contributed by atoms with E-state index in [0.29, 0.717) is 19.0 Å². The molecular formula is C24H29N5O2. The van der Waals surface area contributed by atoms with E-state index >= 15 is 0 Å². The summed E-state index contributed by atoms with van der Waals surface area (Å²) in [7, 11) is 1.73. The molecule has 0 atom stereocenters. The van der Waals surface area contributed by atoms with E-state index in [-0.39, 0.29) is 5.56 Å². The molecule has 0 saturated carbocycles. The molecule has 7 heteroatoms. The van der Waals surface area contributed by atoms with Crippen LogP contribution in [0.3, 0.4) is 0 Å². The molecular weight excluding hydrogens is 390 g/mol. The van der Waals surface area contributed by atoms with Crippen molar-refractivity contribution >= 4 is 16.6 Å². The molecule has 1 aromatic carbocycles. The number of aromatic amines is 1. The number of H-pyrrole nitrogens is 1. The Morgan fingerprint density at radius 3 is 2.94 bits per heavy atom. The van der Waals surface area contributed by atoms with Gasteiger partial charge in [-0.1, -0.05) is 18.2 Å². The van der Waals surface area contributed by atoms with Crippen molar-refractivity contribution in [2.45, 2.75) is 45.3 Å². The maximum atomic E-state index is 12.9. The van der Waals surface area contributed by atoms with Crippen LogP contribution in [0.1, 0.15) is 41.9 Å². The van der Waals surface area contributed by atoms with Gasteiger partial charge in [0.25, 0.3) is 5.56 Å². The van der Waals surface area contributed by atoms with E-state index < -0.39 is 0 Å². The number of hydrogen-bond donors (Lipinski definition) is 1. The van der Waals surface area contributed by atoms with Gasteiger partial charge in [0.1, 0.15) is 0 Å². The summed E-state index contributed by atoms with van der Waals surface area (Å²) >= 11 is 0. The average molecular weight is 420 g/mol. The number of fused-ring (bicyclic) bond motifs is 2. The molecule has 0 unspecified atom stereocenters. The molecule has 0 fully saturated rings. The standard InChI is InChI=1S/C24H29N5O2/c1-31-13-12-29-15-17(18-6-2-3-8-22(18)29)14-28-11-9-20-19(16-28)24(30)27-23(26-20)21-7-4-5-10-25-21/h2-3,6,8,15H,4-5,7,9-14,16H2,1H3,(H,26,27,30). The number of aromatic nitrogens is 3. The number of methoxy groups -OCH3 is 1. The highest BCUT2D eigenvalue weighted by atomic mass is 16.5. The summed E-state index contributed by atoms with van der Waals surface area (Å²) in [5.41, 5.74) is 5.19. The molecule has 3 aromatic rings. The molecule has 5 rings (SSSR count). The molecule has 0 saturated heterocycles. The summed E-state index contributed by atoms with van der Waals surface area (Å²) in [5.74, 6) is 0.679. The molecule has 2 aliphatic rings. The smallest absolute Gasteiger partial charge is 0.255 e. The highest BCUT2D eigenvalue weighted by Gasteiger charge is 2.23. The number of nitrogens with one attached hydrogen (secondary N) is 1. The Kier molecular flexibility index (Phi) is 5.70. The minimum atomic E-state index is -0.0134. The Labute approximate surface area is 181 Å². The van der Waals surface area contributed by atoms with Crippen LogP contribution in [-0.2, 0) is 30.8 Å². The van der Waals surface area contributed by atoms with Crippen LogP contribution in [-0.4, -0.2) is 52.0 Å². The fraction of sp³-hybridized carbons (Fsp3) is 0.458. The first-order valence-corrected chi connectivity index (χ1v) is 11.2. The van der Waals surface area contributed by atoms with Crippen LogP contribution in [0.5, 0.6) is 0 Å². The minimum Gasteiger partial charge on any atom is -0.383 e. The molecule has 0 aliphatic carbocycles. The van der Waals surface area contributed by atoms with Crippen molar-refractivity contribution in [3.8, 4) is 0 Å². The number of para-hydroxylation sites is 1. The van der Waals surface area contributed by atoms with E-state index in [1.807, 2.05) is 0 Å². The second kappa shape index (κ2) is 8.77. The minimum absolute atomic E-state index is 0.0134. The van der Waals surface area contributed by atoms with Gasteiger partial charge in [-0.05, 0) is 30.9 Å². The van der Waals surface area contributed by atoms with Crippen molar-refractivity contribution < 1.29 is 4.74 Å². The molecule has 4 heterocycles. The van der Waals surface area contributed by atoms with Crippen LogP contribution >= 0.6 is 0 Å². The number of benzene rings is 1. The number of aliphatic imine (C=N–C) groups is 1. The first-order valence-electron chi connectivity index (χ1n) is 11.2. The van der Waals surface area contributed by atoms with Gasteiger partial charge in [0.05, 0.1) is 23.6 Å². The molecule has 1 N–H and O–H groups in total. The van der Waals surface area contributed by atoms with Gasteiger partial charge in [-0.25, -0.2) is 4.98 Å². The van der Waals surface area contributed by atoms with Crippen LogP contribution in [0.15, 0.2) is 40.2 Å². The van der Waals surface area contributed by atoms with Gasteiger partial charge in [0, 0.05) is 63.4 Å². The zero-order chi connectivity index (χ0) is 21.2. The highest BCUT2D eigenvalue weighted by Crippen LogP contribution is 2.25. The van der Waals surface area contributed by atoms with E-state index in [9.17, 15) is 4.79 Å². The third-order valence-corrected chi connectivity index (χ3v) is 6.35. The largest absolute Gasteiger partial charge is 0.383 e. The van der Waals surface area contributed by atoms with Gasteiger partial charge in [-0.15, -0.1) is 0 Å². The second-order valence-electron chi connectivity index (χ2n) is 8.44. The molecule has 0 bridgehead atoms. The van der Waals surface area contributed by atoms with Gasteiger partial charge in [0.15, 0.2) is 5.82 Å². The van der Waals surface area contributed by atoms with E-state index in [2.05, 4.69) is 49.9 Å². The first-order chi connectivity index (χ1) is 15.2. The van der Waals surface area contributed by atoms with Gasteiger partial charge in [-0.3, -0.25) is 14.7 Å². The monoisotopic (exact) mass is 419 g/mol. The summed E-state index contributed by atoms with van der Waals surface area (Å²) in [4.78, 5) is 27.6. The fourth-order valence-corrected chi connectivity index (χ4v) is 4.71. The quantitative estimate of drug-likeness (QED) is 0.667. The van der Waals surface area contributed by atoms with Crippen molar-refractivity contribution in [2.24, 2.45) is 4.99 Å². The number of nitrogens with zero attached hydrogens (tertiary/aromatic N) is 4. The lowest BCUT2D eigenvalue weighted by molar-refractivity contribution is 0.188. The second-order valence-corrected chi connectivity index (χ2v) is 8.44. The zero-order valence-electron chi connectivity index (χ0n) is 18.1. The normalized spacial score (nSPS) is 17.0. The Morgan fingerprint density at radius 2 is 2.10 bits per heavy atom. The topological polar surface area (TPSA) is 75.5 Å². The molecule has 31 heavy (non-hydrogen) atoms. The Morgan fingerprint density at radius 1 is 1.19 bits per heavy atom. The zero-order valence-corrected chi connectivity index (χ0v) is 18.1. The third kappa shape index (κ3) is 4.07. The summed E-state index contributed by atoms with van der Waals surface area (Å²) in [6, 6.07) is 8.50. The van der Waals surface area contributed by atoms with Crippen molar-refractivity contribution in [3.05, 3.63) is 63.5 Å². The van der Waals surface area contributed by atoms with Crippen LogP contribution in [0.4, 0.5) is 0 Å². The maximum Gasteiger partial charge on any atom is 0.255 e. The van der Waals surface area contributed by atoms with Gasteiger partial charge < -0.3 is 14.3 Å². The van der Waals surface area contributed by atoms with Crippen molar-refractivity contribution in [1.82, 2.24) is 19.4 Å². The van der Waals surface area contributed by atoms with Crippen molar-refractivity contribution in [1.29, 1.82) is 0 Å². The SMILES string of the molecule is COCCn1cc(CN2CCc3nc(C4=NCCCC4)[nH]c(=O)c3C2)c2ccccc21. The first kappa shape index (κ1) is 20.2. The lowest BCUT2D eigenvalue weighted by atomic mass is 10.0. The predicted molar refractivity (Wildman–Crippen MR) is 122 cm³/mol. The van der Waals surface area contributed by atoms with Gasteiger partial charge in [0.2, 0.25) is 0 Å². The van der Waals surface area contributed by atoms with Crippen molar-refractivity contribution in [2.75, 3.05) is 26.8 Å². The molecule has 0 spiro atoms. The van der Waals surface area contributed by atoms with E-state index in [1.165, 1.54) is 16.5 Å². The highest BCUT2D eigenvalue weighted by molar-refractivity contribution is 5.97. The summed E-state index contributed by atoms with van der Waals surface area (Å²) in [6.07, 6.45) is 6.16. The molecule has 2 aliphatic heterocycles. The Balaban J connectivity index is 1.38. The van der Waals surface area contributed by atoms with Crippen LogP contribution in [0, 0.1) is 0 Å². The van der Waals surface area contributed by atoms with Gasteiger partial charge in [-0.2, -0.15) is 0 Å². The molecule has 2 aromatic heterocycles. The van der Waals surface area contributed by atoms with E-state index in [4.69, 9.17) is 9.72 Å². The molecule has 162 valence electrons. The van der Waals surface area contributed by atoms with Gasteiger partial charge >= 0.3 is 0 Å². The maximum absolute atomic E-state index is 12.9. The number of ether oxygens (including phenoxy) is 1. The van der Waals surface area contributed by atoms with Crippen LogP contribution in [0.2, 0.25) is 0 Å². The lowest BCUT2D eigenvalue weighted by Crippen LogP contribution is -2.36. The van der Waals surface area contributed by atoms with Crippen LogP contribution < -0.4 is 5.56 Å². The fourth-order valence-electron chi connectivity index (χ4n) is 4.71. The van der Waals surface area contributed by atoms with E-state index in [0.717, 1.165) is 68.8 Å². The van der Waals surface area contributed by atoms with Crippen LogP contribution in [0.25, 0.3) is 10.9 Å². The molecule has 7 nitrogen and oxygen atoms in total. The lowest BCUT2D eigenvalue weighted by Gasteiger charge is -2.27. The molecule has 0 amide bonds. The van der Waals surface area contributed by atoms with Crippen molar-refractivity contribution in [3.63, 3.8) is 0 Å². The predicted octanol–water partition coefficient (Wildman–Crippen LogP) is 2.90. The molecule has 0 radical (unpaired) electrons. The summed E-state index contributed by atoms with van der Waals surface area (Å²) in [5, 5.41) is 1.27. The number of hydrogen-bond acceptors (Lipinski definition) is 5. The average Bonchev–Trinajstić information content (AvgIpc) is 3.16. The Hall–Kier alpha value is -2.77. The summed E-state index contributed by atoms with van der Waals surface area (Å²) < 4.78 is 7.54. The Bertz CT molecular complexity index is 1180. The third-order valence-electron chi connectivity index (χ3n) is 6.35.